The number of hydrogen-bond donors (Lipinski definition) is 0. The van der Waals surface area contributed by atoms with Gasteiger partial charge in [0.25, 0.3) is 0 Å². The number of unbranched alkanes of at least 4 members (excludes halogenated alkanes) is 1. The molecule has 0 aliphatic rings. The van der Waals surface area contributed by atoms with Crippen molar-refractivity contribution < 1.29 is 47.7 Å². The Hall–Kier alpha value is -4.99. The third-order valence-electron chi connectivity index (χ3n) is 4.02. The quantitative estimate of drug-likeness (QED) is 0.0725. The number of carbonyl (C=O) groups excluding carboxylic acids is 5. The van der Waals surface area contributed by atoms with Crippen molar-refractivity contribution in [2.24, 2.45) is 0 Å². The van der Waals surface area contributed by atoms with Crippen LogP contribution in [0.1, 0.15) is 60.2 Å². The van der Waals surface area contributed by atoms with E-state index >= 15 is 0 Å². The van der Waals surface area contributed by atoms with Gasteiger partial charge >= 0.3 is 29.8 Å². The van der Waals surface area contributed by atoms with Gasteiger partial charge in [-0.15, -0.1) is 0 Å². The number of rotatable bonds is 16. The van der Waals surface area contributed by atoms with E-state index in [9.17, 15) is 24.0 Å². The third-order valence-corrected chi connectivity index (χ3v) is 4.02. The lowest BCUT2D eigenvalue weighted by molar-refractivity contribution is -0.144. The maximum absolute atomic E-state index is 11.7. The molecule has 1 aromatic carbocycles. The molecule has 0 saturated carbocycles. The molecule has 0 fully saturated rings. The zero-order valence-electron chi connectivity index (χ0n) is 25.1. The van der Waals surface area contributed by atoms with Crippen LogP contribution < -0.4 is 0 Å². The van der Waals surface area contributed by atoms with Gasteiger partial charge in [0.1, 0.15) is 26.4 Å². The van der Waals surface area contributed by atoms with E-state index in [0.29, 0.717) is 25.7 Å². The number of esters is 5. The van der Waals surface area contributed by atoms with Crippen molar-refractivity contribution >= 4 is 29.8 Å². The lowest BCUT2D eigenvalue weighted by Gasteiger charge is -2.07. The molecule has 10 heteroatoms. The lowest BCUT2D eigenvalue weighted by Crippen LogP contribution is -2.14. The van der Waals surface area contributed by atoms with Gasteiger partial charge in [-0.1, -0.05) is 82.0 Å². The zero-order valence-corrected chi connectivity index (χ0v) is 25.1. The highest BCUT2D eigenvalue weighted by Crippen LogP contribution is 2.12. The molecule has 1 aromatic rings. The maximum atomic E-state index is 11.7. The van der Waals surface area contributed by atoms with Crippen LogP contribution >= 0.6 is 0 Å². The van der Waals surface area contributed by atoms with Crippen molar-refractivity contribution in [3.8, 4) is 0 Å². The van der Waals surface area contributed by atoms with Crippen molar-refractivity contribution in [1.29, 1.82) is 0 Å². The fourth-order valence-electron chi connectivity index (χ4n) is 2.37. The number of hydrogen-bond acceptors (Lipinski definition) is 10. The fraction of sp³-hybridized carbons (Fsp3) is 0.303. The van der Waals surface area contributed by atoms with Gasteiger partial charge in [-0.05, 0) is 31.9 Å². The van der Waals surface area contributed by atoms with Crippen molar-refractivity contribution in [1.82, 2.24) is 0 Å². The van der Waals surface area contributed by atoms with E-state index in [2.05, 4.69) is 37.6 Å². The maximum Gasteiger partial charge on any atom is 0.339 e. The van der Waals surface area contributed by atoms with Crippen LogP contribution in [0, 0.1) is 6.58 Å². The minimum atomic E-state index is -0.582. The second-order valence-corrected chi connectivity index (χ2v) is 7.58. The van der Waals surface area contributed by atoms with E-state index < -0.39 is 11.9 Å². The molecular weight excluding hydrogens is 556 g/mol. The monoisotopic (exact) mass is 599 g/mol. The Kier molecular flexibility index (Phi) is 31.2. The summed E-state index contributed by atoms with van der Waals surface area (Å²) in [5.74, 6) is -2.02. The van der Waals surface area contributed by atoms with Gasteiger partial charge in [-0.2, -0.15) is 0 Å². The average Bonchev–Trinajstić information content (AvgIpc) is 2.99. The van der Waals surface area contributed by atoms with E-state index in [0.717, 1.165) is 6.26 Å². The SMILES string of the molecule is C=CCOC(=O)CCCCC(=O)OCC=C.C=CCOC(=O)c1ccccc1C(=O)OCC=C.C=COC(C)=O.[CH]=CC. The first-order chi connectivity index (χ1) is 20.6. The van der Waals surface area contributed by atoms with Gasteiger partial charge in [0.2, 0.25) is 0 Å². The number of ether oxygens (including phenoxy) is 5. The second-order valence-electron chi connectivity index (χ2n) is 7.58. The van der Waals surface area contributed by atoms with Gasteiger partial charge in [-0.3, -0.25) is 14.4 Å². The molecule has 0 spiro atoms. The Bertz CT molecular complexity index is 971. The van der Waals surface area contributed by atoms with Crippen LogP contribution in [0.15, 0.2) is 93.8 Å². The normalized spacial score (nSPS) is 8.60. The van der Waals surface area contributed by atoms with Crippen molar-refractivity contribution in [3.05, 3.63) is 112 Å². The van der Waals surface area contributed by atoms with Crippen LogP contribution in [-0.4, -0.2) is 56.3 Å². The van der Waals surface area contributed by atoms with E-state index in [-0.39, 0.29) is 55.5 Å². The molecule has 0 atom stereocenters. The van der Waals surface area contributed by atoms with Crippen molar-refractivity contribution in [3.63, 3.8) is 0 Å². The number of allylic oxidation sites excluding steroid dienone is 1. The van der Waals surface area contributed by atoms with E-state index in [1.54, 1.807) is 19.1 Å². The highest BCUT2D eigenvalue weighted by atomic mass is 16.5. The van der Waals surface area contributed by atoms with Crippen LogP contribution in [0.5, 0.6) is 0 Å². The molecule has 0 aliphatic heterocycles. The predicted molar refractivity (Wildman–Crippen MR) is 165 cm³/mol. The molecule has 0 heterocycles. The van der Waals surface area contributed by atoms with Crippen LogP contribution in [0.3, 0.4) is 0 Å². The second kappa shape index (κ2) is 31.5. The Balaban J connectivity index is -0.000000584. The summed E-state index contributed by atoms with van der Waals surface area (Å²) in [4.78, 5) is 55.2. The van der Waals surface area contributed by atoms with E-state index in [4.69, 9.17) is 25.5 Å². The first kappa shape index (κ1) is 42.5. The molecule has 0 saturated heterocycles. The standard InChI is InChI=1S/C14H14O4.C12H18O4.C4H6O2.C3H5/c1-3-9-17-13(15)11-7-5-6-8-12(11)14(16)18-10-4-2;1-3-9-15-11(13)7-5-6-8-12(14)16-10-4-2;1-3-6-4(2)5;1-3-2/h3-8H,1-2,9-10H2;3-4H,1-2,5-10H2;3H,1H2,2H3;1,3H,2H3. The Labute approximate surface area is 255 Å². The van der Waals surface area contributed by atoms with Crippen LogP contribution in [0.2, 0.25) is 0 Å². The summed E-state index contributed by atoms with van der Waals surface area (Å²) >= 11 is 0. The Morgan fingerprint density at radius 1 is 0.674 bits per heavy atom. The Morgan fingerprint density at radius 3 is 1.26 bits per heavy atom. The summed E-state index contributed by atoms with van der Waals surface area (Å²) in [5.41, 5.74) is 0.349. The highest BCUT2D eigenvalue weighted by molar-refractivity contribution is 6.03. The fourth-order valence-corrected chi connectivity index (χ4v) is 2.37. The van der Waals surface area contributed by atoms with Crippen LogP contribution in [0.4, 0.5) is 0 Å². The summed E-state index contributed by atoms with van der Waals surface area (Å²) in [6, 6.07) is 6.31. The van der Waals surface area contributed by atoms with Crippen LogP contribution in [0.25, 0.3) is 0 Å². The number of benzene rings is 1. The van der Waals surface area contributed by atoms with Gasteiger partial charge in [0.15, 0.2) is 0 Å². The van der Waals surface area contributed by atoms with Gasteiger partial charge < -0.3 is 23.7 Å². The minimum absolute atomic E-state index is 0.0921. The predicted octanol–water partition coefficient (Wildman–Crippen LogP) is 6.07. The molecule has 0 amide bonds. The topological polar surface area (TPSA) is 132 Å². The summed E-state index contributed by atoms with van der Waals surface area (Å²) in [6.45, 7) is 25.4. The van der Waals surface area contributed by atoms with Gasteiger partial charge in [0.05, 0.1) is 17.4 Å². The first-order valence-electron chi connectivity index (χ1n) is 13.1. The molecule has 10 nitrogen and oxygen atoms in total. The molecule has 0 bridgehead atoms. The van der Waals surface area contributed by atoms with Crippen molar-refractivity contribution in [2.75, 3.05) is 26.4 Å². The molecule has 1 radical (unpaired) electrons. The third kappa shape index (κ3) is 28.3. The molecular formula is C33H43O10. The molecule has 0 aromatic heterocycles. The largest absolute Gasteiger partial charge is 0.461 e. The molecule has 0 aliphatic carbocycles. The van der Waals surface area contributed by atoms with Crippen molar-refractivity contribution in [2.45, 2.75) is 39.5 Å². The van der Waals surface area contributed by atoms with Gasteiger partial charge in [-0.25, -0.2) is 9.59 Å². The summed E-state index contributed by atoms with van der Waals surface area (Å²) in [6.07, 6.45) is 10.4. The smallest absolute Gasteiger partial charge is 0.339 e. The average molecular weight is 600 g/mol. The molecule has 0 N–H and O–H groups in total. The van der Waals surface area contributed by atoms with E-state index in [1.165, 1.54) is 49.4 Å². The molecule has 43 heavy (non-hydrogen) atoms. The summed E-state index contributed by atoms with van der Waals surface area (Å²) < 4.78 is 23.5. The first-order valence-corrected chi connectivity index (χ1v) is 13.1. The molecule has 235 valence electrons. The minimum Gasteiger partial charge on any atom is -0.461 e. The number of carbonyl (C=O) groups is 5. The molecule has 1 rings (SSSR count). The lowest BCUT2D eigenvalue weighted by atomic mass is 10.1. The highest BCUT2D eigenvalue weighted by Gasteiger charge is 2.18. The zero-order chi connectivity index (χ0) is 33.3. The van der Waals surface area contributed by atoms with Crippen LogP contribution in [-0.2, 0) is 38.1 Å². The van der Waals surface area contributed by atoms with E-state index in [1.807, 2.05) is 0 Å². The summed E-state index contributed by atoms with van der Waals surface area (Å²) in [5, 5.41) is 0. The molecule has 0 unspecified atom stereocenters. The van der Waals surface area contributed by atoms with Gasteiger partial charge in [0, 0.05) is 19.8 Å². The summed E-state index contributed by atoms with van der Waals surface area (Å²) in [7, 11) is 0. The Morgan fingerprint density at radius 2 is 1.00 bits per heavy atom.